The number of hydrogen-bond donors (Lipinski definition) is 1. The molecule has 42 valence electrons. The molecule has 1 N–H and O–H groups in total. The molecule has 0 fully saturated rings. The van der Waals surface area contributed by atoms with E-state index in [-0.39, 0.29) is 0 Å². The van der Waals surface area contributed by atoms with Gasteiger partial charge in [0, 0.05) is 0 Å². The smallest absolute Gasteiger partial charge is 0.378 e. The molecule has 7 heavy (non-hydrogen) atoms. The van der Waals surface area contributed by atoms with E-state index in [4.69, 9.17) is 4.89 Å². The summed E-state index contributed by atoms with van der Waals surface area (Å²) in [5.41, 5.74) is 0. The van der Waals surface area contributed by atoms with Gasteiger partial charge in [-0.05, 0) is 0 Å². The Hall–Kier alpha value is 0.210. The minimum Gasteiger partial charge on any atom is -0.739 e. The van der Waals surface area contributed by atoms with Gasteiger partial charge in [-0.15, -0.1) is 0 Å². The molecule has 0 heterocycles. The van der Waals surface area contributed by atoms with Gasteiger partial charge >= 0.3 is 15.0 Å². The normalized spacial score (nSPS) is 20.7. The lowest BCUT2D eigenvalue weighted by molar-refractivity contribution is -0.202. The summed E-state index contributed by atoms with van der Waals surface area (Å²) in [4.78, 5) is 26.0. The van der Waals surface area contributed by atoms with Crippen LogP contribution in [0.3, 0.4) is 0 Å². The third kappa shape index (κ3) is 2.85. The summed E-state index contributed by atoms with van der Waals surface area (Å²) in [6, 6.07) is 0. The quantitative estimate of drug-likeness (QED) is 0.452. The standard InChI is InChI=1S/H2O5P2/c1-6(2)7(3,4)5/h(H2,3,4,5)/p-1. The van der Waals surface area contributed by atoms with E-state index in [0.29, 0.717) is 0 Å². The van der Waals surface area contributed by atoms with Crippen molar-refractivity contribution in [3.63, 3.8) is 0 Å². The van der Waals surface area contributed by atoms with Crippen LogP contribution in [0.2, 0.25) is 0 Å². The van der Waals surface area contributed by atoms with Crippen molar-refractivity contribution in [1.82, 2.24) is 0 Å². The van der Waals surface area contributed by atoms with Gasteiger partial charge in [-0.1, -0.05) is 4.57 Å². The first kappa shape index (κ1) is 7.21. The highest BCUT2D eigenvalue weighted by Crippen LogP contribution is 2.52. The van der Waals surface area contributed by atoms with Crippen LogP contribution in [0.1, 0.15) is 0 Å². The second-order valence-corrected chi connectivity index (χ2v) is 4.68. The van der Waals surface area contributed by atoms with Gasteiger partial charge in [-0.2, -0.15) is 0 Å². The first-order valence-electron chi connectivity index (χ1n) is 1.13. The highest BCUT2D eigenvalue weighted by molar-refractivity contribution is 8.18. The maximum Gasteiger partial charge on any atom is 0.378 e. The van der Waals surface area contributed by atoms with Gasteiger partial charge in [0.1, 0.15) is 0 Å². The summed E-state index contributed by atoms with van der Waals surface area (Å²) in [5.74, 6) is 0. The minimum atomic E-state index is -5.03. The molecule has 0 aromatic carbocycles. The van der Waals surface area contributed by atoms with Gasteiger partial charge in [0.05, 0.1) is 0 Å². The van der Waals surface area contributed by atoms with E-state index in [1.165, 1.54) is 0 Å². The Morgan fingerprint density at radius 2 is 1.86 bits per heavy atom. The summed E-state index contributed by atoms with van der Waals surface area (Å²) in [5, 5.41) is 0. The number of rotatable bonds is 1. The molecule has 0 saturated carbocycles. The number of hydrogen-bond acceptors (Lipinski definition) is 4. The predicted molar refractivity (Wildman–Crippen MR) is 17.4 cm³/mol. The topological polar surface area (TPSA) is 100 Å². The minimum absolute atomic E-state index is 3.69. The van der Waals surface area contributed by atoms with Gasteiger partial charge in [0.2, 0.25) is 0 Å². The SMILES string of the molecule is O=[P+]([O-])P(=O)([O-])O. The van der Waals surface area contributed by atoms with Crippen molar-refractivity contribution in [2.45, 2.75) is 0 Å². The summed E-state index contributed by atoms with van der Waals surface area (Å²) in [6.45, 7) is 0. The summed E-state index contributed by atoms with van der Waals surface area (Å²) < 4.78 is 18.6. The first-order chi connectivity index (χ1) is 2.94. The second-order valence-electron chi connectivity index (χ2n) is 0.728. The Kier molecular flexibility index (Phi) is 2.05. The van der Waals surface area contributed by atoms with E-state index in [0.717, 1.165) is 0 Å². The molecule has 0 radical (unpaired) electrons. The third-order valence-corrected chi connectivity index (χ3v) is 1.86. The van der Waals surface area contributed by atoms with E-state index in [9.17, 15) is 18.9 Å². The highest BCUT2D eigenvalue weighted by atomic mass is 32.1. The van der Waals surface area contributed by atoms with Crippen LogP contribution in [0.4, 0.5) is 0 Å². The first-order valence-corrected chi connectivity index (χ1v) is 4.59. The second kappa shape index (κ2) is 1.99. The van der Waals surface area contributed by atoms with Gasteiger partial charge < -0.3 is 14.7 Å². The lowest BCUT2D eigenvalue weighted by Crippen LogP contribution is -1.99. The molecule has 0 rings (SSSR count). The lowest BCUT2D eigenvalue weighted by Gasteiger charge is -2.00. The van der Waals surface area contributed by atoms with Crippen LogP contribution in [0, 0.1) is 0 Å². The third-order valence-electron chi connectivity index (χ3n) is 0.206. The van der Waals surface area contributed by atoms with Crippen LogP contribution in [-0.2, 0) is 9.13 Å². The fraction of sp³-hybridized carbons (Fsp3) is 0. The molecular weight excluding hydrogens is 142 g/mol. The average Bonchev–Trinajstić information content (AvgIpc) is 1.31. The van der Waals surface area contributed by atoms with Crippen LogP contribution >= 0.6 is 15.0 Å². The molecule has 7 heteroatoms. The van der Waals surface area contributed by atoms with Crippen LogP contribution in [0.5, 0.6) is 0 Å². The van der Waals surface area contributed by atoms with Crippen LogP contribution in [0.15, 0.2) is 0 Å². The molecule has 2 atom stereocenters. The molecule has 0 bridgehead atoms. The molecule has 0 aromatic rings. The largest absolute Gasteiger partial charge is 0.739 e. The van der Waals surface area contributed by atoms with E-state index >= 15 is 0 Å². The van der Waals surface area contributed by atoms with Crippen molar-refractivity contribution in [2.24, 2.45) is 0 Å². The molecule has 2 unspecified atom stereocenters. The Morgan fingerprint density at radius 1 is 1.71 bits per heavy atom. The van der Waals surface area contributed by atoms with E-state index < -0.39 is 15.0 Å². The molecule has 0 aliphatic rings. The molecule has 5 nitrogen and oxygen atoms in total. The zero-order valence-corrected chi connectivity index (χ0v) is 4.76. The molecule has 0 aliphatic carbocycles. The fourth-order valence-corrected chi connectivity index (χ4v) is 0. The van der Waals surface area contributed by atoms with E-state index in [2.05, 4.69) is 0 Å². The Morgan fingerprint density at radius 3 is 1.86 bits per heavy atom. The molecule has 0 aliphatic heterocycles. The van der Waals surface area contributed by atoms with Gasteiger partial charge in [-0.3, -0.25) is 4.57 Å². The van der Waals surface area contributed by atoms with E-state index in [1.807, 2.05) is 0 Å². The van der Waals surface area contributed by atoms with Crippen molar-refractivity contribution < 1.29 is 23.8 Å². The molecular formula is HO5P2-. The lowest BCUT2D eigenvalue weighted by atomic mass is 15.8. The van der Waals surface area contributed by atoms with Crippen molar-refractivity contribution in [2.75, 3.05) is 0 Å². The van der Waals surface area contributed by atoms with E-state index in [1.54, 1.807) is 0 Å². The predicted octanol–water partition coefficient (Wildman–Crippen LogP) is -1.45. The zero-order valence-electron chi connectivity index (χ0n) is 2.97. The Balaban J connectivity index is 4.09. The van der Waals surface area contributed by atoms with Crippen LogP contribution in [-0.4, -0.2) is 4.89 Å². The highest BCUT2D eigenvalue weighted by Gasteiger charge is 2.16. The Bertz CT molecular complexity index is 118. The summed E-state index contributed by atoms with van der Waals surface area (Å²) in [6.07, 6.45) is 0. The molecule has 0 amide bonds. The van der Waals surface area contributed by atoms with Crippen molar-refractivity contribution >= 4 is 15.0 Å². The summed E-state index contributed by atoms with van der Waals surface area (Å²) >= 11 is 0. The van der Waals surface area contributed by atoms with Crippen molar-refractivity contribution in [3.8, 4) is 0 Å². The summed E-state index contributed by atoms with van der Waals surface area (Å²) in [7, 11) is -8.72. The maximum absolute atomic E-state index is 9.32. The zero-order chi connectivity index (χ0) is 6.08. The Labute approximate surface area is 39.9 Å². The fourth-order valence-electron chi connectivity index (χ4n) is 0. The van der Waals surface area contributed by atoms with Crippen LogP contribution < -0.4 is 9.79 Å². The molecule has 0 aromatic heterocycles. The van der Waals surface area contributed by atoms with Gasteiger partial charge in [-0.25, -0.2) is 0 Å². The van der Waals surface area contributed by atoms with Crippen molar-refractivity contribution in [3.05, 3.63) is 0 Å². The van der Waals surface area contributed by atoms with Gasteiger partial charge in [0.15, 0.2) is 0 Å². The monoisotopic (exact) mass is 143 g/mol. The molecule has 0 saturated heterocycles. The van der Waals surface area contributed by atoms with Gasteiger partial charge in [0.25, 0.3) is 0 Å². The molecule has 0 spiro atoms. The maximum atomic E-state index is 9.32. The average molecular weight is 143 g/mol. The van der Waals surface area contributed by atoms with Crippen LogP contribution in [0.25, 0.3) is 0 Å². The van der Waals surface area contributed by atoms with Crippen molar-refractivity contribution in [1.29, 1.82) is 0 Å².